The lowest BCUT2D eigenvalue weighted by atomic mass is 9.99. The van der Waals surface area contributed by atoms with E-state index in [2.05, 4.69) is 10.5 Å². The standard InChI is InChI=1S/C21H20N2O6/c1-13-17-9-15(5-8-18(17)23-21(13)26)19(24)11-28-20(25)12-29-22-10-14-3-6-16(27-2)7-4-14/h3-10,13H,11-12H2,1-2H3,(H,23,26)/b22-10-/t13-/m0/s1. The van der Waals surface area contributed by atoms with E-state index in [-0.39, 0.29) is 17.6 Å². The number of Topliss-reactive ketones (excluding diaryl/α,β-unsaturated/α-hetero) is 1. The topological polar surface area (TPSA) is 103 Å². The molecule has 3 rings (SSSR count). The Labute approximate surface area is 167 Å². The zero-order valence-corrected chi connectivity index (χ0v) is 16.0. The van der Waals surface area contributed by atoms with Crippen LogP contribution in [0.15, 0.2) is 47.6 Å². The zero-order chi connectivity index (χ0) is 20.8. The molecule has 8 heteroatoms. The van der Waals surface area contributed by atoms with E-state index in [1.165, 1.54) is 6.21 Å². The first-order chi connectivity index (χ1) is 14.0. The molecule has 0 aromatic heterocycles. The van der Waals surface area contributed by atoms with Crippen LogP contribution < -0.4 is 10.1 Å². The Balaban J connectivity index is 1.44. The van der Waals surface area contributed by atoms with E-state index in [1.807, 2.05) is 0 Å². The van der Waals surface area contributed by atoms with Crippen molar-refractivity contribution in [2.24, 2.45) is 5.16 Å². The second kappa shape index (κ2) is 9.01. The van der Waals surface area contributed by atoms with E-state index in [4.69, 9.17) is 14.3 Å². The molecule has 1 heterocycles. The third kappa shape index (κ3) is 4.98. The number of carbonyl (C=O) groups is 3. The molecule has 0 saturated carbocycles. The predicted octanol–water partition coefficient (Wildman–Crippen LogP) is 2.53. The maximum atomic E-state index is 12.2. The predicted molar refractivity (Wildman–Crippen MR) is 105 cm³/mol. The summed E-state index contributed by atoms with van der Waals surface area (Å²) in [5.41, 5.74) is 2.59. The van der Waals surface area contributed by atoms with Gasteiger partial charge in [-0.1, -0.05) is 5.16 Å². The number of ketones is 1. The number of nitrogens with one attached hydrogen (secondary N) is 1. The van der Waals surface area contributed by atoms with Gasteiger partial charge >= 0.3 is 5.97 Å². The fraction of sp³-hybridized carbons (Fsp3) is 0.238. The number of benzene rings is 2. The highest BCUT2D eigenvalue weighted by molar-refractivity contribution is 6.05. The monoisotopic (exact) mass is 396 g/mol. The Bertz CT molecular complexity index is 952. The Kier molecular flexibility index (Phi) is 6.23. The molecular formula is C21H20N2O6. The summed E-state index contributed by atoms with van der Waals surface area (Å²) < 4.78 is 9.98. The Morgan fingerprint density at radius 1 is 1.14 bits per heavy atom. The van der Waals surface area contributed by atoms with Crippen LogP contribution >= 0.6 is 0 Å². The number of methoxy groups -OCH3 is 1. The zero-order valence-electron chi connectivity index (χ0n) is 16.0. The van der Waals surface area contributed by atoms with Crippen LogP contribution in [-0.2, 0) is 19.2 Å². The first kappa shape index (κ1) is 20.1. The minimum Gasteiger partial charge on any atom is -0.497 e. The average molecular weight is 396 g/mol. The quantitative estimate of drug-likeness (QED) is 0.318. The number of hydrogen-bond donors (Lipinski definition) is 1. The van der Waals surface area contributed by atoms with Gasteiger partial charge in [-0.2, -0.15) is 0 Å². The van der Waals surface area contributed by atoms with E-state index in [9.17, 15) is 14.4 Å². The molecule has 0 unspecified atom stereocenters. The van der Waals surface area contributed by atoms with Gasteiger partial charge in [-0.25, -0.2) is 4.79 Å². The van der Waals surface area contributed by atoms with Gasteiger partial charge in [0.05, 0.1) is 19.2 Å². The molecule has 0 spiro atoms. The van der Waals surface area contributed by atoms with Crippen LogP contribution in [0.1, 0.15) is 34.3 Å². The first-order valence-electron chi connectivity index (χ1n) is 8.91. The lowest BCUT2D eigenvalue weighted by Crippen LogP contribution is -2.17. The third-order valence-corrected chi connectivity index (χ3v) is 4.43. The number of amides is 1. The summed E-state index contributed by atoms with van der Waals surface area (Å²) in [6.45, 7) is 0.928. The number of nitrogens with zero attached hydrogens (tertiary/aromatic N) is 1. The molecule has 0 bridgehead atoms. The molecule has 1 atom stereocenters. The van der Waals surface area contributed by atoms with Crippen molar-refractivity contribution in [3.05, 3.63) is 59.2 Å². The summed E-state index contributed by atoms with van der Waals surface area (Å²) in [7, 11) is 1.57. The molecule has 1 aliphatic heterocycles. The Morgan fingerprint density at radius 2 is 1.90 bits per heavy atom. The molecule has 0 fully saturated rings. The first-order valence-corrected chi connectivity index (χ1v) is 8.91. The van der Waals surface area contributed by atoms with Gasteiger partial charge < -0.3 is 19.6 Å². The van der Waals surface area contributed by atoms with Crippen molar-refractivity contribution >= 4 is 29.6 Å². The van der Waals surface area contributed by atoms with Crippen molar-refractivity contribution in [2.75, 3.05) is 25.6 Å². The van der Waals surface area contributed by atoms with Crippen LogP contribution in [0.5, 0.6) is 5.75 Å². The van der Waals surface area contributed by atoms with E-state index in [0.717, 1.165) is 16.9 Å². The third-order valence-electron chi connectivity index (χ3n) is 4.43. The lowest BCUT2D eigenvalue weighted by molar-refractivity contribution is -0.147. The molecule has 1 N–H and O–H groups in total. The van der Waals surface area contributed by atoms with E-state index in [1.54, 1.807) is 56.5 Å². The van der Waals surface area contributed by atoms with Gasteiger partial charge in [-0.05, 0) is 60.5 Å². The van der Waals surface area contributed by atoms with Gasteiger partial charge in [-0.3, -0.25) is 9.59 Å². The summed E-state index contributed by atoms with van der Waals surface area (Å²) in [6.07, 6.45) is 1.44. The maximum absolute atomic E-state index is 12.2. The van der Waals surface area contributed by atoms with Gasteiger partial charge in [0.1, 0.15) is 5.75 Å². The summed E-state index contributed by atoms with van der Waals surface area (Å²) in [4.78, 5) is 40.5. The van der Waals surface area contributed by atoms with Gasteiger partial charge in [0, 0.05) is 11.3 Å². The van der Waals surface area contributed by atoms with E-state index < -0.39 is 19.2 Å². The van der Waals surface area contributed by atoms with Gasteiger partial charge in [0.25, 0.3) is 0 Å². The normalized spacial score (nSPS) is 15.0. The number of ether oxygens (including phenoxy) is 2. The van der Waals surface area contributed by atoms with Crippen LogP contribution in [0, 0.1) is 0 Å². The van der Waals surface area contributed by atoms with Crippen LogP contribution in [0.3, 0.4) is 0 Å². The Hall–Kier alpha value is -3.68. The molecule has 2 aromatic carbocycles. The van der Waals surface area contributed by atoms with Crippen molar-refractivity contribution in [1.29, 1.82) is 0 Å². The molecule has 29 heavy (non-hydrogen) atoms. The molecular weight excluding hydrogens is 376 g/mol. The highest BCUT2D eigenvalue weighted by atomic mass is 16.7. The van der Waals surface area contributed by atoms with Crippen molar-refractivity contribution in [1.82, 2.24) is 0 Å². The molecule has 0 radical (unpaired) electrons. The molecule has 1 aliphatic rings. The van der Waals surface area contributed by atoms with Crippen LogP contribution in [0.4, 0.5) is 5.69 Å². The highest BCUT2D eigenvalue weighted by Crippen LogP contribution is 2.32. The van der Waals surface area contributed by atoms with Crippen LogP contribution in [-0.4, -0.2) is 44.2 Å². The largest absolute Gasteiger partial charge is 0.497 e. The molecule has 1 amide bonds. The summed E-state index contributed by atoms with van der Waals surface area (Å²) in [6, 6.07) is 12.0. The van der Waals surface area contributed by atoms with E-state index >= 15 is 0 Å². The van der Waals surface area contributed by atoms with Crippen LogP contribution in [0.25, 0.3) is 0 Å². The van der Waals surface area contributed by atoms with Gasteiger partial charge in [0.2, 0.25) is 12.5 Å². The smallest absolute Gasteiger partial charge is 0.347 e. The van der Waals surface area contributed by atoms with Crippen molar-refractivity contribution in [2.45, 2.75) is 12.8 Å². The van der Waals surface area contributed by atoms with Crippen molar-refractivity contribution < 1.29 is 28.7 Å². The number of fused-ring (bicyclic) bond motifs is 1. The van der Waals surface area contributed by atoms with Gasteiger partial charge in [0.15, 0.2) is 12.4 Å². The minimum absolute atomic E-state index is 0.108. The minimum atomic E-state index is -0.711. The summed E-state index contributed by atoms with van der Waals surface area (Å²) in [5, 5.41) is 6.42. The molecule has 0 aliphatic carbocycles. The van der Waals surface area contributed by atoms with E-state index in [0.29, 0.717) is 11.3 Å². The molecule has 150 valence electrons. The number of hydrogen-bond acceptors (Lipinski definition) is 7. The fourth-order valence-corrected chi connectivity index (χ4v) is 2.74. The molecule has 2 aromatic rings. The highest BCUT2D eigenvalue weighted by Gasteiger charge is 2.27. The second-order valence-electron chi connectivity index (χ2n) is 6.38. The maximum Gasteiger partial charge on any atom is 0.347 e. The average Bonchev–Trinajstić information content (AvgIpc) is 3.03. The van der Waals surface area contributed by atoms with Gasteiger partial charge in [-0.15, -0.1) is 0 Å². The molecule has 8 nitrogen and oxygen atoms in total. The summed E-state index contributed by atoms with van der Waals surface area (Å²) >= 11 is 0. The van der Waals surface area contributed by atoms with Crippen molar-refractivity contribution in [3.8, 4) is 5.75 Å². The lowest BCUT2D eigenvalue weighted by Gasteiger charge is -2.06. The fourth-order valence-electron chi connectivity index (χ4n) is 2.74. The second-order valence-corrected chi connectivity index (χ2v) is 6.38. The number of esters is 1. The van der Waals surface area contributed by atoms with Crippen LogP contribution in [0.2, 0.25) is 0 Å². The van der Waals surface area contributed by atoms with Crippen molar-refractivity contribution in [3.63, 3.8) is 0 Å². The molecule has 0 saturated heterocycles. The SMILES string of the molecule is COc1ccc(/C=N\OCC(=O)OCC(=O)c2ccc3c(c2)[C@H](C)C(=O)N3)cc1. The number of oxime groups is 1. The Morgan fingerprint density at radius 3 is 2.62 bits per heavy atom. The summed E-state index contributed by atoms with van der Waals surface area (Å²) in [5.74, 6) is -0.788. The number of rotatable bonds is 8. The number of anilines is 1. The number of carbonyl (C=O) groups excluding carboxylic acids is 3.